The molecule has 0 saturated carbocycles. The number of pyridine rings is 1. The number of rotatable bonds is 4. The monoisotopic (exact) mass is 402 g/mol. The molecule has 154 valence electrons. The first-order valence-corrected chi connectivity index (χ1v) is 10.5. The number of benzene rings is 2. The lowest BCUT2D eigenvalue weighted by atomic mass is 9.97. The summed E-state index contributed by atoms with van der Waals surface area (Å²) >= 11 is 0. The molecule has 3 aromatic rings. The van der Waals surface area contributed by atoms with Gasteiger partial charge in [-0.25, -0.2) is 4.79 Å². The zero-order valence-corrected chi connectivity index (χ0v) is 17.4. The number of carbonyl (C=O) groups is 2. The molecule has 1 aliphatic rings. The number of nitrogens with zero attached hydrogens (tertiary/aromatic N) is 2. The Bertz CT molecular complexity index is 1080. The SMILES string of the molecule is C[C@H](OC(=O)c1c2c(nc3ccccc13)CCCCC2)C(=O)N(C)c1ccccc1. The third-order valence-corrected chi connectivity index (χ3v) is 5.73. The third kappa shape index (κ3) is 3.92. The number of anilines is 1. The summed E-state index contributed by atoms with van der Waals surface area (Å²) in [5.41, 5.74) is 4.09. The minimum absolute atomic E-state index is 0.265. The number of fused-ring (bicyclic) bond motifs is 2. The van der Waals surface area contributed by atoms with Crippen molar-refractivity contribution in [2.45, 2.75) is 45.1 Å². The predicted molar refractivity (Wildman–Crippen MR) is 118 cm³/mol. The first-order chi connectivity index (χ1) is 14.6. The Kier molecular flexibility index (Phi) is 5.79. The fourth-order valence-electron chi connectivity index (χ4n) is 4.10. The molecular formula is C25H26N2O3. The summed E-state index contributed by atoms with van der Waals surface area (Å²) in [6.45, 7) is 1.63. The van der Waals surface area contributed by atoms with Gasteiger partial charge in [0.2, 0.25) is 0 Å². The number of carbonyl (C=O) groups excluding carboxylic acids is 2. The van der Waals surface area contributed by atoms with Crippen LogP contribution in [0.15, 0.2) is 54.6 Å². The molecule has 0 spiro atoms. The lowest BCUT2D eigenvalue weighted by molar-refractivity contribution is -0.126. The molecule has 0 fully saturated rings. The molecule has 1 atom stereocenters. The van der Waals surface area contributed by atoms with Gasteiger partial charge in [-0.3, -0.25) is 9.78 Å². The van der Waals surface area contributed by atoms with Crippen LogP contribution in [0, 0.1) is 0 Å². The summed E-state index contributed by atoms with van der Waals surface area (Å²) in [4.78, 5) is 32.5. The Labute approximate surface area is 176 Å². The van der Waals surface area contributed by atoms with E-state index >= 15 is 0 Å². The van der Waals surface area contributed by atoms with Gasteiger partial charge >= 0.3 is 5.97 Å². The lowest BCUT2D eigenvalue weighted by Crippen LogP contribution is -2.37. The van der Waals surface area contributed by atoms with Crippen molar-refractivity contribution in [1.82, 2.24) is 4.98 Å². The molecule has 5 nitrogen and oxygen atoms in total. The Morgan fingerprint density at radius 3 is 2.47 bits per heavy atom. The maximum atomic E-state index is 13.3. The summed E-state index contributed by atoms with van der Waals surface area (Å²) in [5, 5.41) is 0.791. The third-order valence-electron chi connectivity index (χ3n) is 5.73. The second-order valence-corrected chi connectivity index (χ2v) is 7.77. The van der Waals surface area contributed by atoms with Crippen LogP contribution in [0.2, 0.25) is 0 Å². The number of aromatic nitrogens is 1. The molecule has 1 amide bonds. The van der Waals surface area contributed by atoms with E-state index in [4.69, 9.17) is 9.72 Å². The summed E-state index contributed by atoms with van der Waals surface area (Å²) in [7, 11) is 1.69. The van der Waals surface area contributed by atoms with E-state index < -0.39 is 12.1 Å². The molecule has 0 saturated heterocycles. The first-order valence-electron chi connectivity index (χ1n) is 10.5. The second kappa shape index (κ2) is 8.66. The maximum Gasteiger partial charge on any atom is 0.339 e. The van der Waals surface area contributed by atoms with E-state index in [-0.39, 0.29) is 5.91 Å². The van der Waals surface area contributed by atoms with Crippen LogP contribution >= 0.6 is 0 Å². The number of amides is 1. The van der Waals surface area contributed by atoms with E-state index in [0.29, 0.717) is 5.56 Å². The van der Waals surface area contributed by atoms with Gasteiger partial charge in [-0.15, -0.1) is 0 Å². The van der Waals surface area contributed by atoms with Crippen molar-refractivity contribution < 1.29 is 14.3 Å². The minimum atomic E-state index is -0.893. The van der Waals surface area contributed by atoms with Gasteiger partial charge in [0, 0.05) is 23.8 Å². The molecule has 0 aliphatic heterocycles. The van der Waals surface area contributed by atoms with E-state index in [1.807, 2.05) is 54.6 Å². The number of likely N-dealkylation sites (N-methyl/N-ethyl adjacent to an activating group) is 1. The zero-order chi connectivity index (χ0) is 21.1. The van der Waals surface area contributed by atoms with E-state index in [9.17, 15) is 9.59 Å². The van der Waals surface area contributed by atoms with Gasteiger partial charge in [0.05, 0.1) is 11.1 Å². The Balaban J connectivity index is 1.64. The number of hydrogen-bond acceptors (Lipinski definition) is 4. The van der Waals surface area contributed by atoms with Crippen LogP contribution in [0.3, 0.4) is 0 Å². The van der Waals surface area contributed by atoms with Crippen molar-refractivity contribution in [3.05, 3.63) is 71.4 Å². The van der Waals surface area contributed by atoms with Crippen LogP contribution < -0.4 is 4.90 Å². The van der Waals surface area contributed by atoms with Gasteiger partial charge in [-0.1, -0.05) is 42.8 Å². The molecule has 5 heteroatoms. The van der Waals surface area contributed by atoms with E-state index in [1.165, 1.54) is 4.90 Å². The van der Waals surface area contributed by atoms with Crippen LogP contribution in [-0.4, -0.2) is 30.0 Å². The summed E-state index contributed by atoms with van der Waals surface area (Å²) in [5.74, 6) is -0.715. The average Bonchev–Trinajstić information content (AvgIpc) is 3.02. The fraction of sp³-hybridized carbons (Fsp3) is 0.320. The van der Waals surface area contributed by atoms with Crippen molar-refractivity contribution in [2.24, 2.45) is 0 Å². The molecule has 0 bridgehead atoms. The van der Waals surface area contributed by atoms with Crippen molar-refractivity contribution in [3.8, 4) is 0 Å². The summed E-state index contributed by atoms with van der Waals surface area (Å²) < 4.78 is 5.70. The second-order valence-electron chi connectivity index (χ2n) is 7.77. The molecular weight excluding hydrogens is 376 g/mol. The van der Waals surface area contributed by atoms with E-state index in [0.717, 1.165) is 60.0 Å². The van der Waals surface area contributed by atoms with Gasteiger partial charge in [0.15, 0.2) is 6.10 Å². The van der Waals surface area contributed by atoms with E-state index in [2.05, 4.69) is 0 Å². The molecule has 0 radical (unpaired) electrons. The molecule has 1 aliphatic carbocycles. The molecule has 1 heterocycles. The lowest BCUT2D eigenvalue weighted by Gasteiger charge is -2.22. The number of ether oxygens (including phenoxy) is 1. The summed E-state index contributed by atoms with van der Waals surface area (Å²) in [6.07, 6.45) is 4.01. The quantitative estimate of drug-likeness (QED) is 0.468. The van der Waals surface area contributed by atoms with Crippen molar-refractivity contribution in [3.63, 3.8) is 0 Å². The highest BCUT2D eigenvalue weighted by Crippen LogP contribution is 2.29. The highest BCUT2D eigenvalue weighted by atomic mass is 16.5. The van der Waals surface area contributed by atoms with Gasteiger partial charge in [-0.05, 0) is 56.4 Å². The number of esters is 1. The van der Waals surface area contributed by atoms with Crippen molar-refractivity contribution in [1.29, 1.82) is 0 Å². The topological polar surface area (TPSA) is 59.5 Å². The number of hydrogen-bond donors (Lipinski definition) is 0. The molecule has 0 unspecified atom stereocenters. The van der Waals surface area contributed by atoms with Crippen LogP contribution in [0.5, 0.6) is 0 Å². The molecule has 1 aromatic heterocycles. The molecule has 30 heavy (non-hydrogen) atoms. The standard InChI is InChI=1S/C25H26N2O3/c1-17(24(28)27(2)18-11-5-3-6-12-18)30-25(29)23-19-13-7-4-8-15-21(19)26-22-16-10-9-14-20(22)23/h3,5-6,9-12,14,16-17H,4,7-8,13,15H2,1-2H3/t17-/m0/s1. The van der Waals surface area contributed by atoms with Gasteiger partial charge in [0.25, 0.3) is 5.91 Å². The first kappa shape index (κ1) is 20.1. The Hall–Kier alpha value is -3.21. The number of para-hydroxylation sites is 2. The van der Waals surface area contributed by atoms with Crippen LogP contribution in [0.4, 0.5) is 5.69 Å². The normalized spacial score (nSPS) is 14.5. The average molecular weight is 402 g/mol. The highest BCUT2D eigenvalue weighted by Gasteiger charge is 2.27. The van der Waals surface area contributed by atoms with Gasteiger partial charge in [-0.2, -0.15) is 0 Å². The summed E-state index contributed by atoms with van der Waals surface area (Å²) in [6, 6.07) is 17.0. The van der Waals surface area contributed by atoms with Crippen LogP contribution in [-0.2, 0) is 22.4 Å². The smallest absolute Gasteiger partial charge is 0.339 e. The Morgan fingerprint density at radius 1 is 0.967 bits per heavy atom. The largest absolute Gasteiger partial charge is 0.449 e. The van der Waals surface area contributed by atoms with E-state index in [1.54, 1.807) is 14.0 Å². The van der Waals surface area contributed by atoms with Gasteiger partial charge < -0.3 is 9.64 Å². The molecule has 4 rings (SSSR count). The van der Waals surface area contributed by atoms with Gasteiger partial charge in [0.1, 0.15) is 0 Å². The fourth-order valence-corrected chi connectivity index (χ4v) is 4.10. The zero-order valence-electron chi connectivity index (χ0n) is 17.4. The Morgan fingerprint density at radius 2 is 1.67 bits per heavy atom. The maximum absolute atomic E-state index is 13.3. The minimum Gasteiger partial charge on any atom is -0.449 e. The predicted octanol–water partition coefficient (Wildman–Crippen LogP) is 4.71. The van der Waals surface area contributed by atoms with Crippen LogP contribution in [0.1, 0.15) is 47.8 Å². The van der Waals surface area contributed by atoms with Crippen molar-refractivity contribution >= 4 is 28.5 Å². The highest BCUT2D eigenvalue weighted by molar-refractivity contribution is 6.06. The molecule has 2 aromatic carbocycles. The number of aryl methyl sites for hydroxylation is 1. The molecule has 0 N–H and O–H groups in total. The van der Waals surface area contributed by atoms with Crippen LogP contribution in [0.25, 0.3) is 10.9 Å². The van der Waals surface area contributed by atoms with Crippen molar-refractivity contribution in [2.75, 3.05) is 11.9 Å².